The van der Waals surface area contributed by atoms with Crippen LogP contribution in [0.4, 0.5) is 0 Å². The highest BCUT2D eigenvalue weighted by Crippen LogP contribution is 2.30. The molecule has 3 aromatic rings. The van der Waals surface area contributed by atoms with Gasteiger partial charge in [-0.1, -0.05) is 17.7 Å². The summed E-state index contributed by atoms with van der Waals surface area (Å²) in [4.78, 5) is 5.95. The molecular formula is C15H14Cl2N2S. The largest absolute Gasteiger partial charge is 0.321 e. The zero-order valence-corrected chi connectivity index (χ0v) is 13.6. The molecule has 1 aromatic carbocycles. The Kier molecular flexibility index (Phi) is 3.76. The molecule has 5 heteroatoms. The highest BCUT2D eigenvalue weighted by atomic mass is 35.5. The Hall–Kier alpha value is -1.03. The van der Waals surface area contributed by atoms with Crippen molar-refractivity contribution in [1.82, 2.24) is 9.55 Å². The van der Waals surface area contributed by atoms with Gasteiger partial charge in [0.1, 0.15) is 11.3 Å². The lowest BCUT2D eigenvalue weighted by Gasteiger charge is -2.10. The van der Waals surface area contributed by atoms with Crippen LogP contribution in [0.5, 0.6) is 0 Å². The number of para-hydroxylation sites is 1. The van der Waals surface area contributed by atoms with Crippen molar-refractivity contribution in [3.05, 3.63) is 50.9 Å². The van der Waals surface area contributed by atoms with Crippen LogP contribution in [0.1, 0.15) is 28.6 Å². The summed E-state index contributed by atoms with van der Waals surface area (Å²) in [5.41, 5.74) is 3.16. The predicted octanol–water partition coefficient (Wildman–Crippen LogP) is 5.41. The Balaban J connectivity index is 2.19. The van der Waals surface area contributed by atoms with Crippen LogP contribution in [0.25, 0.3) is 11.0 Å². The van der Waals surface area contributed by atoms with Crippen molar-refractivity contribution >= 4 is 45.6 Å². The van der Waals surface area contributed by atoms with Gasteiger partial charge in [-0.3, -0.25) is 0 Å². The third kappa shape index (κ3) is 2.34. The van der Waals surface area contributed by atoms with E-state index in [-0.39, 0.29) is 5.38 Å². The van der Waals surface area contributed by atoms with E-state index in [0.29, 0.717) is 5.02 Å². The second-order valence-electron chi connectivity index (χ2n) is 4.81. The number of thiophene rings is 1. The maximum atomic E-state index is 6.29. The van der Waals surface area contributed by atoms with E-state index in [2.05, 4.69) is 27.9 Å². The molecule has 2 nitrogen and oxygen atoms in total. The van der Waals surface area contributed by atoms with Crippen LogP contribution in [0.2, 0.25) is 5.02 Å². The van der Waals surface area contributed by atoms with E-state index in [0.717, 1.165) is 23.4 Å². The Morgan fingerprint density at radius 2 is 2.15 bits per heavy atom. The van der Waals surface area contributed by atoms with Gasteiger partial charge in [0.25, 0.3) is 0 Å². The molecule has 104 valence electrons. The number of hydrogen-bond acceptors (Lipinski definition) is 2. The summed E-state index contributed by atoms with van der Waals surface area (Å²) in [6, 6.07) is 7.99. The molecule has 3 rings (SSSR count). The van der Waals surface area contributed by atoms with Gasteiger partial charge in [-0.25, -0.2) is 4.98 Å². The predicted molar refractivity (Wildman–Crippen MR) is 87.2 cm³/mol. The normalized spacial score (nSPS) is 13.0. The summed E-state index contributed by atoms with van der Waals surface area (Å²) in [5.74, 6) is 0.863. The van der Waals surface area contributed by atoms with E-state index in [4.69, 9.17) is 23.2 Å². The lowest BCUT2D eigenvalue weighted by atomic mass is 10.2. The van der Waals surface area contributed by atoms with E-state index in [1.165, 1.54) is 10.4 Å². The van der Waals surface area contributed by atoms with Gasteiger partial charge in [0.2, 0.25) is 0 Å². The van der Waals surface area contributed by atoms with Crippen molar-refractivity contribution in [1.29, 1.82) is 0 Å². The first kappa shape index (κ1) is 13.9. The van der Waals surface area contributed by atoms with Crippen LogP contribution in [0.3, 0.4) is 0 Å². The number of alkyl halides is 1. The molecule has 1 unspecified atom stereocenters. The summed E-state index contributed by atoms with van der Waals surface area (Å²) in [6.45, 7) is 4.85. The molecule has 0 aliphatic heterocycles. The fourth-order valence-electron chi connectivity index (χ4n) is 2.31. The standard InChI is InChI=1S/C15H14Cl2N2S/c1-9-6-7-20-13(9)8-19-12-5-3-4-11(17)14(12)18-15(19)10(2)16/h3-7,10H,8H2,1-2H3. The summed E-state index contributed by atoms with van der Waals surface area (Å²) < 4.78 is 2.16. The van der Waals surface area contributed by atoms with Gasteiger partial charge in [-0.15, -0.1) is 22.9 Å². The van der Waals surface area contributed by atoms with Crippen LogP contribution in [-0.2, 0) is 6.54 Å². The summed E-state index contributed by atoms with van der Waals surface area (Å²) in [5, 5.41) is 2.63. The molecule has 0 radical (unpaired) electrons. The van der Waals surface area contributed by atoms with E-state index in [9.17, 15) is 0 Å². The smallest absolute Gasteiger partial charge is 0.128 e. The van der Waals surface area contributed by atoms with Crippen LogP contribution < -0.4 is 0 Å². The molecule has 0 N–H and O–H groups in total. The maximum absolute atomic E-state index is 6.29. The molecule has 2 heterocycles. The number of rotatable bonds is 3. The third-order valence-electron chi connectivity index (χ3n) is 3.38. The first-order valence-corrected chi connectivity index (χ1v) is 8.09. The first-order valence-electron chi connectivity index (χ1n) is 6.39. The zero-order valence-electron chi connectivity index (χ0n) is 11.2. The number of nitrogens with zero attached hydrogens (tertiary/aromatic N) is 2. The highest BCUT2D eigenvalue weighted by Gasteiger charge is 2.17. The van der Waals surface area contributed by atoms with Crippen molar-refractivity contribution in [2.45, 2.75) is 25.8 Å². The Morgan fingerprint density at radius 1 is 1.35 bits per heavy atom. The molecule has 0 saturated carbocycles. The van der Waals surface area contributed by atoms with E-state index in [1.807, 2.05) is 25.1 Å². The molecule has 1 atom stereocenters. The van der Waals surface area contributed by atoms with Crippen LogP contribution in [0, 0.1) is 6.92 Å². The number of aryl methyl sites for hydroxylation is 1. The minimum absolute atomic E-state index is 0.154. The van der Waals surface area contributed by atoms with E-state index in [1.54, 1.807) is 11.3 Å². The maximum Gasteiger partial charge on any atom is 0.128 e. The number of halogens is 2. The van der Waals surface area contributed by atoms with Gasteiger partial charge in [-0.2, -0.15) is 0 Å². The lowest BCUT2D eigenvalue weighted by molar-refractivity contribution is 0.748. The third-order valence-corrected chi connectivity index (χ3v) is 4.89. The van der Waals surface area contributed by atoms with Gasteiger partial charge < -0.3 is 4.57 Å². The summed E-state index contributed by atoms with van der Waals surface area (Å²) >= 11 is 14.3. The van der Waals surface area contributed by atoms with Crippen LogP contribution in [-0.4, -0.2) is 9.55 Å². The summed E-state index contributed by atoms with van der Waals surface area (Å²) in [7, 11) is 0. The second-order valence-corrected chi connectivity index (χ2v) is 6.87. The molecule has 0 aliphatic carbocycles. The molecule has 20 heavy (non-hydrogen) atoms. The molecule has 0 aliphatic rings. The average Bonchev–Trinajstić information content (AvgIpc) is 2.96. The Bertz CT molecular complexity index is 758. The van der Waals surface area contributed by atoms with Crippen LogP contribution >= 0.6 is 34.5 Å². The first-order chi connectivity index (χ1) is 9.58. The number of imidazole rings is 1. The minimum atomic E-state index is -0.154. The van der Waals surface area contributed by atoms with Gasteiger partial charge in [-0.05, 0) is 43.0 Å². The highest BCUT2D eigenvalue weighted by molar-refractivity contribution is 7.10. The second kappa shape index (κ2) is 5.40. The number of hydrogen-bond donors (Lipinski definition) is 0. The quantitative estimate of drug-likeness (QED) is 0.589. The van der Waals surface area contributed by atoms with Gasteiger partial charge in [0.05, 0.1) is 22.5 Å². The molecule has 0 spiro atoms. The van der Waals surface area contributed by atoms with Crippen molar-refractivity contribution in [3.63, 3.8) is 0 Å². The monoisotopic (exact) mass is 324 g/mol. The number of benzene rings is 1. The van der Waals surface area contributed by atoms with Gasteiger partial charge in [0.15, 0.2) is 0 Å². The fourth-order valence-corrected chi connectivity index (χ4v) is 3.58. The van der Waals surface area contributed by atoms with Crippen molar-refractivity contribution < 1.29 is 0 Å². The zero-order chi connectivity index (χ0) is 14.3. The van der Waals surface area contributed by atoms with E-state index < -0.39 is 0 Å². The average molecular weight is 325 g/mol. The molecule has 0 bridgehead atoms. The number of fused-ring (bicyclic) bond motifs is 1. The molecule has 0 amide bonds. The number of aromatic nitrogens is 2. The molecular weight excluding hydrogens is 311 g/mol. The molecule has 0 saturated heterocycles. The van der Waals surface area contributed by atoms with Gasteiger partial charge in [0, 0.05) is 4.88 Å². The van der Waals surface area contributed by atoms with Gasteiger partial charge >= 0.3 is 0 Å². The Labute approximate surface area is 132 Å². The molecule has 0 fully saturated rings. The Morgan fingerprint density at radius 3 is 2.80 bits per heavy atom. The van der Waals surface area contributed by atoms with E-state index >= 15 is 0 Å². The summed E-state index contributed by atoms with van der Waals surface area (Å²) in [6.07, 6.45) is 0. The topological polar surface area (TPSA) is 17.8 Å². The lowest BCUT2D eigenvalue weighted by Crippen LogP contribution is -2.05. The van der Waals surface area contributed by atoms with Crippen LogP contribution in [0.15, 0.2) is 29.6 Å². The van der Waals surface area contributed by atoms with Crippen molar-refractivity contribution in [2.24, 2.45) is 0 Å². The molecule has 2 aromatic heterocycles. The van der Waals surface area contributed by atoms with Crippen molar-refractivity contribution in [2.75, 3.05) is 0 Å². The van der Waals surface area contributed by atoms with Crippen molar-refractivity contribution in [3.8, 4) is 0 Å². The SMILES string of the molecule is Cc1ccsc1Cn1c(C(C)Cl)nc2c(Cl)cccc21. The fraction of sp³-hybridized carbons (Fsp3) is 0.267. The minimum Gasteiger partial charge on any atom is -0.321 e.